The molecule has 3 nitrogen and oxygen atoms in total. The van der Waals surface area contributed by atoms with Crippen molar-refractivity contribution in [3.05, 3.63) is 0 Å². The molecule has 4 aliphatic carbocycles. The molecule has 0 aromatic heterocycles. The van der Waals surface area contributed by atoms with Gasteiger partial charge in [0.05, 0.1) is 19.3 Å². The van der Waals surface area contributed by atoms with Crippen LogP contribution >= 0.6 is 0 Å². The maximum Gasteiger partial charge on any atom is 0.0933 e. The second-order valence-electron chi connectivity index (χ2n) is 8.65. The molecule has 0 radical (unpaired) electrons. The van der Waals surface area contributed by atoms with Crippen LogP contribution < -0.4 is 0 Å². The summed E-state index contributed by atoms with van der Waals surface area (Å²) in [5.74, 6) is 3.18. The quantitative estimate of drug-likeness (QED) is 0.865. The molecule has 120 valence electrons. The maximum absolute atomic E-state index is 9.34. The van der Waals surface area contributed by atoms with Crippen LogP contribution in [0.3, 0.4) is 0 Å². The van der Waals surface area contributed by atoms with Gasteiger partial charge in [0.1, 0.15) is 0 Å². The van der Waals surface area contributed by atoms with Gasteiger partial charge in [-0.15, -0.1) is 0 Å². The number of aliphatic hydroxyl groups is 1. The predicted octanol–water partition coefficient (Wildman–Crippen LogP) is 2.67. The highest BCUT2D eigenvalue weighted by Gasteiger charge is 2.50. The summed E-state index contributed by atoms with van der Waals surface area (Å²) in [4.78, 5) is 2.57. The molecule has 1 aliphatic heterocycles. The molecular formula is C18H31NO2. The van der Waals surface area contributed by atoms with Gasteiger partial charge in [-0.3, -0.25) is 4.90 Å². The van der Waals surface area contributed by atoms with Gasteiger partial charge in [0, 0.05) is 12.6 Å². The highest BCUT2D eigenvalue weighted by molar-refractivity contribution is 5.01. The fourth-order valence-corrected chi connectivity index (χ4v) is 6.27. The van der Waals surface area contributed by atoms with Gasteiger partial charge in [0.15, 0.2) is 0 Å². The first-order valence-corrected chi connectivity index (χ1v) is 9.12. The Morgan fingerprint density at radius 1 is 1.10 bits per heavy atom. The number of morpholine rings is 1. The summed E-state index contributed by atoms with van der Waals surface area (Å²) in [6, 6.07) is 0.515. The van der Waals surface area contributed by atoms with Crippen LogP contribution in [0, 0.1) is 23.2 Å². The summed E-state index contributed by atoms with van der Waals surface area (Å²) in [5.41, 5.74) is 0.682. The molecule has 4 bridgehead atoms. The van der Waals surface area contributed by atoms with Gasteiger partial charge in [-0.05, 0) is 81.6 Å². The second kappa shape index (κ2) is 5.50. The Hall–Kier alpha value is -0.120. The monoisotopic (exact) mass is 293 g/mol. The molecule has 5 aliphatic rings. The molecule has 2 atom stereocenters. The van der Waals surface area contributed by atoms with E-state index in [1.807, 2.05) is 0 Å². The second-order valence-corrected chi connectivity index (χ2v) is 8.65. The molecule has 5 rings (SSSR count). The molecule has 3 heteroatoms. The fourth-order valence-electron chi connectivity index (χ4n) is 6.27. The third-order valence-corrected chi connectivity index (χ3v) is 6.93. The van der Waals surface area contributed by atoms with Crippen LogP contribution in [0.2, 0.25) is 0 Å². The number of hydrogen-bond donors (Lipinski definition) is 1. The lowest BCUT2D eigenvalue weighted by atomic mass is 9.49. The number of nitrogens with zero attached hydrogens (tertiary/aromatic N) is 1. The molecule has 2 unspecified atom stereocenters. The number of rotatable bonds is 4. The smallest absolute Gasteiger partial charge is 0.0933 e. The van der Waals surface area contributed by atoms with Gasteiger partial charge in [-0.2, -0.15) is 0 Å². The molecule has 21 heavy (non-hydrogen) atoms. The minimum Gasteiger partial charge on any atom is -0.394 e. The molecule has 1 N–H and O–H groups in total. The fraction of sp³-hybridized carbons (Fsp3) is 1.00. The minimum atomic E-state index is 0.0394. The van der Waals surface area contributed by atoms with Gasteiger partial charge in [0.2, 0.25) is 0 Å². The Kier molecular flexibility index (Phi) is 3.79. The van der Waals surface area contributed by atoms with Crippen LogP contribution in [0.1, 0.15) is 51.9 Å². The van der Waals surface area contributed by atoms with Gasteiger partial charge >= 0.3 is 0 Å². The number of hydrogen-bond acceptors (Lipinski definition) is 3. The van der Waals surface area contributed by atoms with Crippen molar-refractivity contribution in [1.29, 1.82) is 0 Å². The Morgan fingerprint density at radius 2 is 1.71 bits per heavy atom. The SMILES string of the molecule is CC1COC(CO)CN1CCC12CC3CC(CC(C3)C1)C2. The van der Waals surface area contributed by atoms with E-state index in [-0.39, 0.29) is 12.7 Å². The molecule has 4 saturated carbocycles. The van der Waals surface area contributed by atoms with Crippen molar-refractivity contribution in [2.24, 2.45) is 23.2 Å². The summed E-state index contributed by atoms with van der Waals surface area (Å²) >= 11 is 0. The normalized spacial score (nSPS) is 49.7. The van der Waals surface area contributed by atoms with Gasteiger partial charge in [-0.1, -0.05) is 0 Å². The molecule has 0 aromatic carbocycles. The van der Waals surface area contributed by atoms with Crippen LogP contribution in [0.5, 0.6) is 0 Å². The number of aliphatic hydroxyl groups excluding tert-OH is 1. The Balaban J connectivity index is 1.38. The van der Waals surface area contributed by atoms with E-state index in [2.05, 4.69) is 11.8 Å². The largest absolute Gasteiger partial charge is 0.394 e. The molecule has 0 spiro atoms. The molecule has 0 amide bonds. The summed E-state index contributed by atoms with van der Waals surface area (Å²) in [6.07, 6.45) is 10.6. The summed E-state index contributed by atoms with van der Waals surface area (Å²) in [7, 11) is 0. The molecule has 5 fully saturated rings. The zero-order valence-corrected chi connectivity index (χ0v) is 13.5. The minimum absolute atomic E-state index is 0.0394. The van der Waals surface area contributed by atoms with Crippen molar-refractivity contribution in [1.82, 2.24) is 4.90 Å². The average molecular weight is 293 g/mol. The third-order valence-electron chi connectivity index (χ3n) is 6.93. The van der Waals surface area contributed by atoms with E-state index in [9.17, 15) is 5.11 Å². The Bertz CT molecular complexity index is 348. The van der Waals surface area contributed by atoms with Crippen molar-refractivity contribution in [2.45, 2.75) is 64.0 Å². The van der Waals surface area contributed by atoms with E-state index in [1.165, 1.54) is 32.2 Å². The standard InChI is InChI=1S/C18H31NO2/c1-13-12-21-17(11-20)10-19(13)3-2-18-7-14-4-15(8-18)6-16(5-14)9-18/h13-17,20H,2-12H2,1H3. The van der Waals surface area contributed by atoms with Gasteiger partial charge in [-0.25, -0.2) is 0 Å². The summed E-state index contributed by atoms with van der Waals surface area (Å²) < 4.78 is 5.67. The van der Waals surface area contributed by atoms with E-state index in [1.54, 1.807) is 19.3 Å². The van der Waals surface area contributed by atoms with Crippen molar-refractivity contribution in [3.63, 3.8) is 0 Å². The van der Waals surface area contributed by atoms with Gasteiger partial charge in [0.25, 0.3) is 0 Å². The maximum atomic E-state index is 9.34. The van der Waals surface area contributed by atoms with Crippen LogP contribution in [0.15, 0.2) is 0 Å². The molecule has 1 heterocycles. The highest BCUT2D eigenvalue weighted by Crippen LogP contribution is 2.61. The Morgan fingerprint density at radius 3 is 2.29 bits per heavy atom. The van der Waals surface area contributed by atoms with Crippen molar-refractivity contribution in [2.75, 3.05) is 26.3 Å². The van der Waals surface area contributed by atoms with E-state index in [0.717, 1.165) is 30.9 Å². The van der Waals surface area contributed by atoms with Crippen molar-refractivity contribution >= 4 is 0 Å². The third kappa shape index (κ3) is 2.77. The zero-order chi connectivity index (χ0) is 14.4. The molecule has 1 saturated heterocycles. The van der Waals surface area contributed by atoms with E-state index >= 15 is 0 Å². The van der Waals surface area contributed by atoms with E-state index < -0.39 is 0 Å². The van der Waals surface area contributed by atoms with Crippen molar-refractivity contribution in [3.8, 4) is 0 Å². The summed E-state index contributed by atoms with van der Waals surface area (Å²) in [5, 5.41) is 9.34. The Labute approximate surface area is 129 Å². The van der Waals surface area contributed by atoms with Crippen LogP contribution in [0.4, 0.5) is 0 Å². The summed E-state index contributed by atoms with van der Waals surface area (Å²) in [6.45, 7) is 5.36. The van der Waals surface area contributed by atoms with Crippen LogP contribution in [0.25, 0.3) is 0 Å². The average Bonchev–Trinajstić information content (AvgIpc) is 2.45. The van der Waals surface area contributed by atoms with Crippen molar-refractivity contribution < 1.29 is 9.84 Å². The molecule has 0 aromatic rings. The predicted molar refractivity (Wildman–Crippen MR) is 83.1 cm³/mol. The van der Waals surface area contributed by atoms with Crippen LogP contribution in [-0.4, -0.2) is 48.5 Å². The lowest BCUT2D eigenvalue weighted by Gasteiger charge is -2.57. The topological polar surface area (TPSA) is 32.7 Å². The van der Waals surface area contributed by atoms with E-state index in [0.29, 0.717) is 11.5 Å². The lowest BCUT2D eigenvalue weighted by molar-refractivity contribution is -0.0937. The van der Waals surface area contributed by atoms with E-state index in [4.69, 9.17) is 4.74 Å². The lowest BCUT2D eigenvalue weighted by Crippen LogP contribution is -2.52. The first-order valence-electron chi connectivity index (χ1n) is 9.12. The first kappa shape index (κ1) is 14.5. The van der Waals surface area contributed by atoms with Gasteiger partial charge < -0.3 is 9.84 Å². The number of ether oxygens (including phenoxy) is 1. The molecular weight excluding hydrogens is 262 g/mol. The van der Waals surface area contributed by atoms with Crippen LogP contribution in [-0.2, 0) is 4.74 Å². The highest BCUT2D eigenvalue weighted by atomic mass is 16.5. The zero-order valence-electron chi connectivity index (χ0n) is 13.5. The first-order chi connectivity index (χ1) is 10.2.